The number of ether oxygens (including phenoxy) is 1. The van der Waals surface area contributed by atoms with Crippen molar-refractivity contribution in [2.24, 2.45) is 10.9 Å². The molecule has 0 spiro atoms. The number of likely N-dealkylation sites (tertiary alicyclic amines) is 1. The van der Waals surface area contributed by atoms with Crippen LogP contribution in [0.15, 0.2) is 29.3 Å². The highest BCUT2D eigenvalue weighted by Crippen LogP contribution is 2.18. The number of methoxy groups -OCH3 is 1. The van der Waals surface area contributed by atoms with Crippen LogP contribution in [0.5, 0.6) is 0 Å². The summed E-state index contributed by atoms with van der Waals surface area (Å²) in [5.74, 6) is -0.370. The van der Waals surface area contributed by atoms with Gasteiger partial charge >= 0.3 is 5.97 Å². The molecule has 0 unspecified atom stereocenters. The molecule has 0 atom stereocenters. The zero-order chi connectivity index (χ0) is 18.9. The molecule has 1 aliphatic heterocycles. The van der Waals surface area contributed by atoms with Crippen molar-refractivity contribution in [1.82, 2.24) is 10.2 Å². The van der Waals surface area contributed by atoms with E-state index in [0.717, 1.165) is 0 Å². The van der Waals surface area contributed by atoms with Crippen molar-refractivity contribution in [3.8, 4) is 0 Å². The van der Waals surface area contributed by atoms with Crippen LogP contribution in [0, 0.1) is 11.7 Å². The number of hydrogen-bond donors (Lipinski definition) is 2. The van der Waals surface area contributed by atoms with E-state index in [1.807, 2.05) is 11.8 Å². The molecule has 0 bridgehead atoms. The molecule has 150 valence electrons. The molecule has 7 nitrogen and oxygen atoms in total. The summed E-state index contributed by atoms with van der Waals surface area (Å²) in [5.41, 5.74) is 0.397. The highest BCUT2D eigenvalue weighted by atomic mass is 127. The molecule has 1 heterocycles. The van der Waals surface area contributed by atoms with Crippen molar-refractivity contribution in [2.45, 2.75) is 19.8 Å². The largest absolute Gasteiger partial charge is 0.469 e. The van der Waals surface area contributed by atoms with Gasteiger partial charge in [-0.15, -0.1) is 24.0 Å². The maximum Gasteiger partial charge on any atom is 0.308 e. The van der Waals surface area contributed by atoms with Gasteiger partial charge in [0.15, 0.2) is 5.96 Å². The highest BCUT2D eigenvalue weighted by Gasteiger charge is 2.27. The molecule has 1 aromatic rings. The summed E-state index contributed by atoms with van der Waals surface area (Å²) in [5, 5.41) is 5.78. The molecule has 0 saturated carbocycles. The Morgan fingerprint density at radius 3 is 2.63 bits per heavy atom. The summed E-state index contributed by atoms with van der Waals surface area (Å²) < 4.78 is 18.0. The van der Waals surface area contributed by atoms with E-state index in [1.165, 1.54) is 25.3 Å². The number of guanidine groups is 1. The van der Waals surface area contributed by atoms with Gasteiger partial charge in [0.1, 0.15) is 12.4 Å². The zero-order valence-electron chi connectivity index (χ0n) is 15.5. The minimum atomic E-state index is -0.409. The van der Waals surface area contributed by atoms with Gasteiger partial charge in [-0.1, -0.05) is 6.07 Å². The molecule has 9 heteroatoms. The molecule has 0 aromatic heterocycles. The van der Waals surface area contributed by atoms with Crippen LogP contribution in [0.1, 0.15) is 19.8 Å². The Morgan fingerprint density at radius 1 is 1.33 bits per heavy atom. The minimum Gasteiger partial charge on any atom is -0.469 e. The van der Waals surface area contributed by atoms with Gasteiger partial charge < -0.3 is 20.3 Å². The van der Waals surface area contributed by atoms with Crippen LogP contribution in [-0.2, 0) is 14.3 Å². The molecule has 1 aliphatic rings. The Hall–Kier alpha value is -1.91. The minimum absolute atomic E-state index is 0. The number of rotatable bonds is 5. The fourth-order valence-electron chi connectivity index (χ4n) is 2.83. The Labute approximate surface area is 175 Å². The quantitative estimate of drug-likeness (QED) is 0.285. The van der Waals surface area contributed by atoms with E-state index in [-0.39, 0.29) is 48.3 Å². The average molecular weight is 492 g/mol. The van der Waals surface area contributed by atoms with Crippen molar-refractivity contribution in [1.29, 1.82) is 0 Å². The molecule has 1 saturated heterocycles. The fraction of sp³-hybridized carbons (Fsp3) is 0.500. The first kappa shape index (κ1) is 23.1. The first-order valence-electron chi connectivity index (χ1n) is 8.70. The van der Waals surface area contributed by atoms with Crippen molar-refractivity contribution in [2.75, 3.05) is 38.6 Å². The van der Waals surface area contributed by atoms with Gasteiger partial charge in [0.2, 0.25) is 5.91 Å². The number of nitrogens with zero attached hydrogens (tertiary/aromatic N) is 2. The zero-order valence-corrected chi connectivity index (χ0v) is 17.9. The molecule has 0 aliphatic carbocycles. The maximum atomic E-state index is 13.2. The maximum absolute atomic E-state index is 13.2. The van der Waals surface area contributed by atoms with Gasteiger partial charge in [0.05, 0.1) is 13.0 Å². The van der Waals surface area contributed by atoms with Crippen LogP contribution < -0.4 is 10.6 Å². The van der Waals surface area contributed by atoms with Gasteiger partial charge in [0, 0.05) is 25.3 Å². The molecule has 1 aromatic carbocycles. The van der Waals surface area contributed by atoms with Gasteiger partial charge in [-0.2, -0.15) is 0 Å². The SMILES string of the molecule is CCNC(=NCC(=O)Nc1cccc(F)c1)N1CCC(C(=O)OC)CC1.I. The van der Waals surface area contributed by atoms with E-state index in [0.29, 0.717) is 44.1 Å². The number of esters is 1. The van der Waals surface area contributed by atoms with Gasteiger partial charge in [-0.25, -0.2) is 9.38 Å². The number of nitrogens with one attached hydrogen (secondary N) is 2. The van der Waals surface area contributed by atoms with Gasteiger partial charge in [-0.05, 0) is 38.0 Å². The number of carbonyl (C=O) groups excluding carboxylic acids is 2. The number of hydrogen-bond acceptors (Lipinski definition) is 4. The lowest BCUT2D eigenvalue weighted by atomic mass is 9.97. The van der Waals surface area contributed by atoms with Crippen LogP contribution in [-0.4, -0.2) is 56.0 Å². The fourth-order valence-corrected chi connectivity index (χ4v) is 2.83. The lowest BCUT2D eigenvalue weighted by Gasteiger charge is -2.33. The lowest BCUT2D eigenvalue weighted by Crippen LogP contribution is -2.47. The Bertz CT molecular complexity index is 664. The normalized spacial score (nSPS) is 14.9. The predicted molar refractivity (Wildman–Crippen MR) is 113 cm³/mol. The third-order valence-electron chi connectivity index (χ3n) is 4.14. The second-order valence-corrected chi connectivity index (χ2v) is 6.01. The van der Waals surface area contributed by atoms with Gasteiger partial charge in [-0.3, -0.25) is 9.59 Å². The first-order valence-corrected chi connectivity index (χ1v) is 8.70. The third-order valence-corrected chi connectivity index (χ3v) is 4.14. The lowest BCUT2D eigenvalue weighted by molar-refractivity contribution is -0.146. The molecule has 1 fully saturated rings. The summed E-state index contributed by atoms with van der Waals surface area (Å²) in [4.78, 5) is 30.0. The van der Waals surface area contributed by atoms with E-state index in [2.05, 4.69) is 15.6 Å². The number of carbonyl (C=O) groups is 2. The number of amides is 1. The number of aliphatic imine (C=N–C) groups is 1. The smallest absolute Gasteiger partial charge is 0.308 e. The van der Waals surface area contributed by atoms with E-state index >= 15 is 0 Å². The van der Waals surface area contributed by atoms with Crippen molar-refractivity contribution in [3.63, 3.8) is 0 Å². The van der Waals surface area contributed by atoms with Gasteiger partial charge in [0.25, 0.3) is 0 Å². The second kappa shape index (κ2) is 11.7. The topological polar surface area (TPSA) is 83.0 Å². The first-order chi connectivity index (χ1) is 12.5. The molecule has 0 radical (unpaired) electrons. The summed E-state index contributed by atoms with van der Waals surface area (Å²) >= 11 is 0. The van der Waals surface area contributed by atoms with E-state index < -0.39 is 5.82 Å². The molecular formula is C18H26FIN4O3. The predicted octanol–water partition coefficient (Wildman–Crippen LogP) is 2.23. The Balaban J connectivity index is 0.00000364. The number of anilines is 1. The van der Waals surface area contributed by atoms with E-state index in [1.54, 1.807) is 6.07 Å². The summed E-state index contributed by atoms with van der Waals surface area (Å²) in [6.45, 7) is 3.87. The van der Waals surface area contributed by atoms with E-state index in [4.69, 9.17) is 4.74 Å². The number of benzene rings is 1. The molecule has 27 heavy (non-hydrogen) atoms. The monoisotopic (exact) mass is 492 g/mol. The molecular weight excluding hydrogens is 466 g/mol. The second-order valence-electron chi connectivity index (χ2n) is 6.01. The average Bonchev–Trinajstić information content (AvgIpc) is 2.64. The van der Waals surface area contributed by atoms with Crippen molar-refractivity contribution in [3.05, 3.63) is 30.1 Å². The third kappa shape index (κ3) is 7.31. The summed E-state index contributed by atoms with van der Waals surface area (Å²) in [7, 11) is 1.40. The number of halogens is 2. The van der Waals surface area contributed by atoms with Crippen LogP contribution in [0.3, 0.4) is 0 Å². The molecule has 2 N–H and O–H groups in total. The van der Waals surface area contributed by atoms with Crippen LogP contribution in [0.25, 0.3) is 0 Å². The Morgan fingerprint density at radius 2 is 2.04 bits per heavy atom. The van der Waals surface area contributed by atoms with Crippen LogP contribution in [0.2, 0.25) is 0 Å². The van der Waals surface area contributed by atoms with Crippen LogP contribution in [0.4, 0.5) is 10.1 Å². The molecule has 2 rings (SSSR count). The number of piperidine rings is 1. The van der Waals surface area contributed by atoms with Crippen molar-refractivity contribution < 1.29 is 18.7 Å². The van der Waals surface area contributed by atoms with E-state index in [9.17, 15) is 14.0 Å². The van der Waals surface area contributed by atoms with Crippen molar-refractivity contribution >= 4 is 47.5 Å². The Kier molecular flexibility index (Phi) is 10.0. The van der Waals surface area contributed by atoms with Crippen LogP contribution >= 0.6 is 24.0 Å². The summed E-state index contributed by atoms with van der Waals surface area (Å²) in [6.07, 6.45) is 1.37. The highest BCUT2D eigenvalue weighted by molar-refractivity contribution is 14.0. The standard InChI is InChI=1S/C18H25FN4O3.HI/c1-3-20-18(23-9-7-13(8-10-23)17(25)26-2)21-12-16(24)22-15-6-4-5-14(19)11-15;/h4-6,11,13H,3,7-10,12H2,1-2H3,(H,20,21)(H,22,24);1H. The molecule has 1 amide bonds. The summed E-state index contributed by atoms with van der Waals surface area (Å²) in [6, 6.07) is 5.72.